The third-order valence-electron chi connectivity index (χ3n) is 4.19. The van der Waals surface area contributed by atoms with E-state index in [0.717, 1.165) is 12.8 Å². The number of methoxy groups -OCH3 is 1. The van der Waals surface area contributed by atoms with Crippen LogP contribution in [0.25, 0.3) is 0 Å². The average molecular weight is 264 g/mol. The minimum Gasteiger partial charge on any atom is -0.493 e. The van der Waals surface area contributed by atoms with E-state index >= 15 is 0 Å². The third kappa shape index (κ3) is 2.67. The van der Waals surface area contributed by atoms with Gasteiger partial charge in [-0.15, -0.1) is 0 Å². The van der Waals surface area contributed by atoms with E-state index < -0.39 is 0 Å². The van der Waals surface area contributed by atoms with Crippen LogP contribution in [0.4, 0.5) is 0 Å². The Morgan fingerprint density at radius 3 is 2.79 bits per heavy atom. The van der Waals surface area contributed by atoms with E-state index in [1.807, 2.05) is 13.8 Å². The van der Waals surface area contributed by atoms with Gasteiger partial charge in [0.2, 0.25) is 0 Å². The van der Waals surface area contributed by atoms with Crippen molar-refractivity contribution in [3.05, 3.63) is 11.9 Å². The highest BCUT2D eigenvalue weighted by molar-refractivity contribution is 5.99. The molecule has 1 aliphatic rings. The minimum absolute atomic E-state index is 0.146. The van der Waals surface area contributed by atoms with Gasteiger partial charge in [0.05, 0.1) is 13.3 Å². The fraction of sp³-hybridized carbons (Fsp3) is 0.733. The molecule has 2 unspecified atom stereocenters. The zero-order valence-corrected chi connectivity index (χ0v) is 12.3. The molecule has 0 radical (unpaired) electrons. The number of ketones is 1. The van der Waals surface area contributed by atoms with Crippen molar-refractivity contribution in [1.82, 2.24) is 9.78 Å². The van der Waals surface area contributed by atoms with Crippen LogP contribution in [0.5, 0.6) is 5.75 Å². The number of rotatable bonds is 5. The van der Waals surface area contributed by atoms with Gasteiger partial charge in [0.25, 0.3) is 0 Å². The number of nitrogens with zero attached hydrogens (tertiary/aromatic N) is 2. The van der Waals surface area contributed by atoms with Gasteiger partial charge in [-0.2, -0.15) is 5.10 Å². The Morgan fingerprint density at radius 2 is 2.26 bits per heavy atom. The first-order chi connectivity index (χ1) is 9.08. The minimum atomic E-state index is 0.146. The fourth-order valence-electron chi connectivity index (χ4n) is 3.00. The molecule has 2 rings (SSSR count). The van der Waals surface area contributed by atoms with Crippen molar-refractivity contribution < 1.29 is 9.53 Å². The van der Waals surface area contributed by atoms with Gasteiger partial charge < -0.3 is 4.74 Å². The molecule has 0 N–H and O–H groups in total. The summed E-state index contributed by atoms with van der Waals surface area (Å²) in [5.74, 6) is 1.67. The molecule has 0 aliphatic heterocycles. The molecule has 1 fully saturated rings. The summed E-state index contributed by atoms with van der Waals surface area (Å²) in [7, 11) is 1.60. The van der Waals surface area contributed by atoms with Gasteiger partial charge in [0.1, 0.15) is 5.69 Å². The van der Waals surface area contributed by atoms with Crippen molar-refractivity contribution in [2.75, 3.05) is 7.11 Å². The lowest BCUT2D eigenvalue weighted by atomic mass is 9.97. The molecular weight excluding hydrogens is 240 g/mol. The molecule has 4 nitrogen and oxygen atoms in total. The number of ether oxygens (including phenoxy) is 1. The van der Waals surface area contributed by atoms with E-state index in [2.05, 4.69) is 12.0 Å². The topological polar surface area (TPSA) is 44.1 Å². The second kappa shape index (κ2) is 5.76. The molecule has 1 heterocycles. The van der Waals surface area contributed by atoms with Gasteiger partial charge in [-0.25, -0.2) is 0 Å². The van der Waals surface area contributed by atoms with Crippen LogP contribution in [-0.4, -0.2) is 22.7 Å². The molecule has 2 atom stereocenters. The Balaban J connectivity index is 2.25. The average Bonchev–Trinajstić information content (AvgIpc) is 3.03. The first-order valence-corrected chi connectivity index (χ1v) is 7.24. The number of Topliss-reactive ketones (excluding diaryl/α,β-unsaturated/α-hetero) is 1. The van der Waals surface area contributed by atoms with Crippen LogP contribution < -0.4 is 4.74 Å². The van der Waals surface area contributed by atoms with E-state index in [-0.39, 0.29) is 17.7 Å². The predicted molar refractivity (Wildman–Crippen MR) is 74.6 cm³/mol. The predicted octanol–water partition coefficient (Wildman–Crippen LogP) is 3.48. The highest BCUT2D eigenvalue weighted by atomic mass is 16.5. The van der Waals surface area contributed by atoms with E-state index in [9.17, 15) is 4.79 Å². The molecule has 0 saturated heterocycles. The second-order valence-corrected chi connectivity index (χ2v) is 5.75. The van der Waals surface area contributed by atoms with Gasteiger partial charge in [-0.1, -0.05) is 13.3 Å². The van der Waals surface area contributed by atoms with Crippen molar-refractivity contribution in [3.63, 3.8) is 0 Å². The summed E-state index contributed by atoms with van der Waals surface area (Å²) in [6, 6.07) is 0.172. The summed E-state index contributed by atoms with van der Waals surface area (Å²) < 4.78 is 7.10. The molecule has 106 valence electrons. The van der Waals surface area contributed by atoms with E-state index in [0.29, 0.717) is 17.4 Å². The van der Waals surface area contributed by atoms with E-state index in [4.69, 9.17) is 4.74 Å². The maximum atomic E-state index is 12.7. The van der Waals surface area contributed by atoms with Crippen LogP contribution in [0.3, 0.4) is 0 Å². The number of carbonyl (C=O) groups is 1. The largest absolute Gasteiger partial charge is 0.493 e. The fourth-order valence-corrected chi connectivity index (χ4v) is 3.00. The number of carbonyl (C=O) groups excluding carboxylic acids is 1. The highest BCUT2D eigenvalue weighted by Gasteiger charge is 2.33. The number of hydrogen-bond acceptors (Lipinski definition) is 3. The monoisotopic (exact) mass is 264 g/mol. The molecule has 0 amide bonds. The quantitative estimate of drug-likeness (QED) is 0.765. The van der Waals surface area contributed by atoms with Gasteiger partial charge in [0, 0.05) is 12.0 Å². The molecule has 1 aromatic rings. The van der Waals surface area contributed by atoms with Crippen LogP contribution in [-0.2, 0) is 0 Å². The second-order valence-electron chi connectivity index (χ2n) is 5.75. The SMILES string of the molecule is CCC1CCC(C(=O)c2c(OC)cnn2C(C)C)C1. The Morgan fingerprint density at radius 1 is 1.53 bits per heavy atom. The van der Waals surface area contributed by atoms with Crippen molar-refractivity contribution >= 4 is 5.78 Å². The maximum absolute atomic E-state index is 12.7. The summed E-state index contributed by atoms with van der Waals surface area (Å²) in [5.41, 5.74) is 0.652. The summed E-state index contributed by atoms with van der Waals surface area (Å²) >= 11 is 0. The maximum Gasteiger partial charge on any atom is 0.187 e. The molecule has 1 saturated carbocycles. The van der Waals surface area contributed by atoms with Crippen LogP contribution in [0.15, 0.2) is 6.20 Å². The molecule has 1 aromatic heterocycles. The summed E-state index contributed by atoms with van der Waals surface area (Å²) in [4.78, 5) is 12.7. The van der Waals surface area contributed by atoms with Crippen molar-refractivity contribution in [1.29, 1.82) is 0 Å². The van der Waals surface area contributed by atoms with Crippen molar-refractivity contribution in [2.24, 2.45) is 11.8 Å². The van der Waals surface area contributed by atoms with E-state index in [1.165, 1.54) is 12.8 Å². The molecule has 0 bridgehead atoms. The highest BCUT2D eigenvalue weighted by Crippen LogP contribution is 2.36. The first kappa shape index (κ1) is 14.1. The van der Waals surface area contributed by atoms with Crippen molar-refractivity contribution in [2.45, 2.75) is 52.5 Å². The molecule has 19 heavy (non-hydrogen) atoms. The molecule has 1 aliphatic carbocycles. The summed E-state index contributed by atoms with van der Waals surface area (Å²) in [5, 5.41) is 4.29. The van der Waals surface area contributed by atoms with E-state index in [1.54, 1.807) is 18.0 Å². The lowest BCUT2D eigenvalue weighted by molar-refractivity contribution is 0.0903. The normalized spacial score (nSPS) is 23.0. The summed E-state index contributed by atoms with van der Waals surface area (Å²) in [6.45, 7) is 6.27. The van der Waals surface area contributed by atoms with Gasteiger partial charge in [-0.05, 0) is 39.0 Å². The Labute approximate surface area is 115 Å². The zero-order chi connectivity index (χ0) is 14.0. The van der Waals surface area contributed by atoms with Crippen LogP contribution in [0.1, 0.15) is 63.0 Å². The standard InChI is InChI=1S/C15H24N2O2/c1-5-11-6-7-12(8-11)15(18)14-13(19-4)9-16-17(14)10(2)3/h9-12H,5-8H2,1-4H3. The Kier molecular flexibility index (Phi) is 4.27. The zero-order valence-electron chi connectivity index (χ0n) is 12.3. The van der Waals surface area contributed by atoms with Gasteiger partial charge in [0.15, 0.2) is 11.5 Å². The molecular formula is C15H24N2O2. The third-order valence-corrected chi connectivity index (χ3v) is 4.19. The molecule has 4 heteroatoms. The number of hydrogen-bond donors (Lipinski definition) is 0. The Hall–Kier alpha value is -1.32. The Bertz CT molecular complexity index is 451. The lowest BCUT2D eigenvalue weighted by Crippen LogP contribution is -2.19. The lowest BCUT2D eigenvalue weighted by Gasteiger charge is -2.14. The van der Waals surface area contributed by atoms with Crippen LogP contribution in [0.2, 0.25) is 0 Å². The first-order valence-electron chi connectivity index (χ1n) is 7.24. The molecule has 0 spiro atoms. The smallest absolute Gasteiger partial charge is 0.187 e. The number of aromatic nitrogens is 2. The molecule has 0 aromatic carbocycles. The van der Waals surface area contributed by atoms with Gasteiger partial charge in [-0.3, -0.25) is 9.48 Å². The van der Waals surface area contributed by atoms with Crippen LogP contribution >= 0.6 is 0 Å². The van der Waals surface area contributed by atoms with Crippen molar-refractivity contribution in [3.8, 4) is 5.75 Å². The van der Waals surface area contributed by atoms with Crippen LogP contribution in [0, 0.1) is 11.8 Å². The van der Waals surface area contributed by atoms with Gasteiger partial charge >= 0.3 is 0 Å². The summed E-state index contributed by atoms with van der Waals surface area (Å²) in [6.07, 6.45) is 6.01.